The molecule has 8 heteroatoms. The second-order valence-electron chi connectivity index (χ2n) is 2.71. The van der Waals surface area contributed by atoms with Gasteiger partial charge in [-0.3, -0.25) is 0 Å². The van der Waals surface area contributed by atoms with Crippen LogP contribution in [0.5, 0.6) is 5.75 Å². The summed E-state index contributed by atoms with van der Waals surface area (Å²) in [6.07, 6.45) is -7.92. The van der Waals surface area contributed by atoms with Crippen LogP contribution in [0.4, 0.5) is 22.0 Å². The van der Waals surface area contributed by atoms with E-state index in [0.29, 0.717) is 6.07 Å². The van der Waals surface area contributed by atoms with E-state index in [1.165, 1.54) is 0 Å². The minimum absolute atomic E-state index is 0.215. The lowest BCUT2D eigenvalue weighted by atomic mass is 10.2. The molecule has 0 radical (unpaired) electrons. The third-order valence-electron chi connectivity index (χ3n) is 1.66. The van der Waals surface area contributed by atoms with Crippen LogP contribution in [0.15, 0.2) is 10.5 Å². The number of halogens is 6. The van der Waals surface area contributed by atoms with Crippen LogP contribution in [0.1, 0.15) is 17.8 Å². The Balaban J connectivity index is 3.40. The quantitative estimate of drug-likeness (QED) is 0.775. The smallest absolute Gasteiger partial charge is 0.433 e. The summed E-state index contributed by atoms with van der Waals surface area (Å²) in [5.41, 5.74) is -2.43. The Bertz CT molecular complexity index is 393. The summed E-state index contributed by atoms with van der Waals surface area (Å²) in [6, 6.07) is 0.588. The first-order valence-corrected chi connectivity index (χ1v) is 4.66. The summed E-state index contributed by atoms with van der Waals surface area (Å²) < 4.78 is 66.0. The van der Waals surface area contributed by atoms with Crippen LogP contribution in [-0.4, -0.2) is 12.1 Å². The highest BCUT2D eigenvalue weighted by Crippen LogP contribution is 2.38. The van der Waals surface area contributed by atoms with Gasteiger partial charge in [0.1, 0.15) is 11.4 Å². The number of hydrogen-bond donors (Lipinski definition) is 0. The number of ether oxygens (including phenoxy) is 1. The molecule has 0 fully saturated rings. The lowest BCUT2D eigenvalue weighted by molar-refractivity contribution is -0.141. The molecule has 0 aliphatic carbocycles. The Morgan fingerprint density at radius 2 is 1.94 bits per heavy atom. The van der Waals surface area contributed by atoms with Gasteiger partial charge in [-0.25, -0.2) is 13.8 Å². The molecule has 0 bridgehead atoms. The molecule has 0 aromatic carbocycles. The van der Waals surface area contributed by atoms with Gasteiger partial charge >= 0.3 is 6.18 Å². The maximum atomic E-state index is 12.4. The number of pyridine rings is 1. The second-order valence-corrected chi connectivity index (χ2v) is 3.56. The molecule has 90 valence electrons. The first-order chi connectivity index (χ1) is 7.27. The normalized spacial score (nSPS) is 12.0. The van der Waals surface area contributed by atoms with E-state index in [1.54, 1.807) is 0 Å². The maximum absolute atomic E-state index is 12.4. The first kappa shape index (κ1) is 13.1. The Kier molecular flexibility index (Phi) is 3.72. The van der Waals surface area contributed by atoms with Gasteiger partial charge in [-0.2, -0.15) is 13.2 Å². The SMILES string of the molecule is COc1c(Br)cc(C(F)(F)F)nc1C(F)F. The summed E-state index contributed by atoms with van der Waals surface area (Å²) >= 11 is 2.72. The van der Waals surface area contributed by atoms with Crippen molar-refractivity contribution in [2.24, 2.45) is 0 Å². The summed E-state index contributed by atoms with van der Waals surface area (Å²) in [7, 11) is 1.07. The summed E-state index contributed by atoms with van der Waals surface area (Å²) in [4.78, 5) is 2.85. The van der Waals surface area contributed by atoms with E-state index in [1.807, 2.05) is 0 Å². The van der Waals surface area contributed by atoms with Crippen LogP contribution < -0.4 is 4.74 Å². The minimum Gasteiger partial charge on any atom is -0.493 e. The molecule has 0 spiro atoms. The first-order valence-electron chi connectivity index (χ1n) is 3.87. The van der Waals surface area contributed by atoms with Gasteiger partial charge in [-0.1, -0.05) is 0 Å². The Morgan fingerprint density at radius 3 is 2.31 bits per heavy atom. The average molecular weight is 306 g/mol. The van der Waals surface area contributed by atoms with Crippen molar-refractivity contribution in [1.82, 2.24) is 4.98 Å². The maximum Gasteiger partial charge on any atom is 0.433 e. The van der Waals surface area contributed by atoms with Crippen molar-refractivity contribution in [1.29, 1.82) is 0 Å². The molecule has 1 aromatic heterocycles. The Hall–Kier alpha value is -0.920. The fourth-order valence-electron chi connectivity index (χ4n) is 1.02. The predicted octanol–water partition coefficient (Wildman–Crippen LogP) is 3.81. The molecule has 1 heterocycles. The molecule has 0 aliphatic rings. The van der Waals surface area contributed by atoms with Crippen LogP contribution in [-0.2, 0) is 6.18 Å². The van der Waals surface area contributed by atoms with Gasteiger partial charge in [0.15, 0.2) is 5.75 Å². The number of aromatic nitrogens is 1. The van der Waals surface area contributed by atoms with Crippen molar-refractivity contribution in [2.45, 2.75) is 12.6 Å². The zero-order valence-corrected chi connectivity index (χ0v) is 9.36. The van der Waals surface area contributed by atoms with Crippen molar-refractivity contribution < 1.29 is 26.7 Å². The standard InChI is InChI=1S/C8H5BrF5NO/c1-16-6-3(9)2-4(8(12,13)14)15-5(6)7(10)11/h2,7H,1H3. The zero-order chi connectivity index (χ0) is 12.5. The monoisotopic (exact) mass is 305 g/mol. The van der Waals surface area contributed by atoms with E-state index in [2.05, 4.69) is 25.7 Å². The topological polar surface area (TPSA) is 22.1 Å². The van der Waals surface area contributed by atoms with E-state index >= 15 is 0 Å². The molecule has 0 saturated heterocycles. The Morgan fingerprint density at radius 1 is 1.38 bits per heavy atom. The molecule has 0 aliphatic heterocycles. The van der Waals surface area contributed by atoms with Crippen molar-refractivity contribution >= 4 is 15.9 Å². The van der Waals surface area contributed by atoms with Crippen LogP contribution >= 0.6 is 15.9 Å². The molecule has 2 nitrogen and oxygen atoms in total. The molecular weight excluding hydrogens is 301 g/mol. The Labute approximate surface area is 95.6 Å². The van der Waals surface area contributed by atoms with Gasteiger partial charge in [0, 0.05) is 0 Å². The predicted molar refractivity (Wildman–Crippen MR) is 48.4 cm³/mol. The molecule has 1 aromatic rings. The zero-order valence-electron chi connectivity index (χ0n) is 7.78. The number of hydrogen-bond acceptors (Lipinski definition) is 2. The van der Waals surface area contributed by atoms with Gasteiger partial charge in [-0.05, 0) is 22.0 Å². The molecule has 16 heavy (non-hydrogen) atoms. The number of alkyl halides is 5. The summed E-state index contributed by atoms with van der Waals surface area (Å²) in [5.74, 6) is -0.400. The largest absolute Gasteiger partial charge is 0.493 e. The summed E-state index contributed by atoms with van der Waals surface area (Å²) in [5, 5.41) is 0. The molecular formula is C8H5BrF5NO. The van der Waals surface area contributed by atoms with Crippen molar-refractivity contribution in [3.05, 3.63) is 21.9 Å². The molecule has 0 N–H and O–H groups in total. The van der Waals surface area contributed by atoms with Gasteiger partial charge in [0.25, 0.3) is 6.43 Å². The van der Waals surface area contributed by atoms with Crippen molar-refractivity contribution in [3.63, 3.8) is 0 Å². The van der Waals surface area contributed by atoms with Crippen LogP contribution in [0.25, 0.3) is 0 Å². The third-order valence-corrected chi connectivity index (χ3v) is 2.24. The highest BCUT2D eigenvalue weighted by atomic mass is 79.9. The van der Waals surface area contributed by atoms with Crippen LogP contribution in [0.2, 0.25) is 0 Å². The summed E-state index contributed by atoms with van der Waals surface area (Å²) in [6.45, 7) is 0. The molecule has 0 saturated carbocycles. The van der Waals surface area contributed by atoms with Crippen LogP contribution in [0, 0.1) is 0 Å². The van der Waals surface area contributed by atoms with Gasteiger partial charge in [0.2, 0.25) is 0 Å². The molecule has 1 rings (SSSR count). The second kappa shape index (κ2) is 4.52. The fraction of sp³-hybridized carbons (Fsp3) is 0.375. The van der Waals surface area contributed by atoms with Crippen molar-refractivity contribution in [3.8, 4) is 5.75 Å². The minimum atomic E-state index is -4.78. The highest BCUT2D eigenvalue weighted by molar-refractivity contribution is 9.10. The number of nitrogens with zero attached hydrogens (tertiary/aromatic N) is 1. The third kappa shape index (κ3) is 2.60. The van der Waals surface area contributed by atoms with E-state index in [-0.39, 0.29) is 4.47 Å². The van der Waals surface area contributed by atoms with Gasteiger partial charge < -0.3 is 4.74 Å². The lowest BCUT2D eigenvalue weighted by Crippen LogP contribution is -2.11. The molecule has 0 atom stereocenters. The van der Waals surface area contributed by atoms with Crippen LogP contribution in [0.3, 0.4) is 0 Å². The lowest BCUT2D eigenvalue weighted by Gasteiger charge is -2.12. The average Bonchev–Trinajstić information content (AvgIpc) is 2.14. The molecule has 0 unspecified atom stereocenters. The fourth-order valence-corrected chi connectivity index (χ4v) is 1.60. The van der Waals surface area contributed by atoms with Gasteiger partial charge in [0.05, 0.1) is 11.6 Å². The van der Waals surface area contributed by atoms with Crippen molar-refractivity contribution in [2.75, 3.05) is 7.11 Å². The van der Waals surface area contributed by atoms with E-state index < -0.39 is 29.7 Å². The highest BCUT2D eigenvalue weighted by Gasteiger charge is 2.35. The van der Waals surface area contributed by atoms with Gasteiger partial charge in [-0.15, -0.1) is 0 Å². The molecule has 0 amide bonds. The number of rotatable bonds is 2. The van der Waals surface area contributed by atoms with E-state index in [4.69, 9.17) is 0 Å². The van der Waals surface area contributed by atoms with E-state index in [0.717, 1.165) is 7.11 Å². The van der Waals surface area contributed by atoms with E-state index in [9.17, 15) is 22.0 Å². The number of methoxy groups -OCH3 is 1.